The Morgan fingerprint density at radius 1 is 1.33 bits per heavy atom. The van der Waals surface area contributed by atoms with Crippen molar-refractivity contribution in [2.75, 3.05) is 7.05 Å². The van der Waals surface area contributed by atoms with Crippen LogP contribution in [0.4, 0.5) is 0 Å². The third-order valence-corrected chi connectivity index (χ3v) is 3.33. The Hall–Kier alpha value is -1.36. The maximum Gasteiger partial charge on any atom is 0.326 e. The molecule has 0 bridgehead atoms. The zero-order chi connectivity index (χ0) is 13.7. The quantitative estimate of drug-likeness (QED) is 0.907. The molecule has 0 heterocycles. The molecule has 1 N–H and O–H groups in total. The fourth-order valence-corrected chi connectivity index (χ4v) is 1.95. The lowest BCUT2D eigenvalue weighted by Crippen LogP contribution is -2.42. The number of benzene rings is 1. The van der Waals surface area contributed by atoms with E-state index >= 15 is 0 Å². The second-order valence-electron chi connectivity index (χ2n) is 4.07. The molecule has 0 radical (unpaired) electrons. The van der Waals surface area contributed by atoms with E-state index in [-0.39, 0.29) is 12.3 Å². The van der Waals surface area contributed by atoms with Crippen molar-refractivity contribution >= 4 is 27.8 Å². The van der Waals surface area contributed by atoms with Crippen molar-refractivity contribution in [3.05, 3.63) is 34.3 Å². The van der Waals surface area contributed by atoms with Gasteiger partial charge in [-0.2, -0.15) is 0 Å². The van der Waals surface area contributed by atoms with Gasteiger partial charge in [-0.05, 0) is 24.1 Å². The molecule has 1 amide bonds. The van der Waals surface area contributed by atoms with Crippen molar-refractivity contribution in [3.8, 4) is 0 Å². The van der Waals surface area contributed by atoms with Crippen LogP contribution >= 0.6 is 15.9 Å². The van der Waals surface area contributed by atoms with Gasteiger partial charge in [-0.15, -0.1) is 0 Å². The summed E-state index contributed by atoms with van der Waals surface area (Å²) in [4.78, 5) is 24.2. The number of carboxylic acids is 1. The lowest BCUT2D eigenvalue weighted by Gasteiger charge is -2.23. The van der Waals surface area contributed by atoms with Gasteiger partial charge in [0.1, 0.15) is 6.04 Å². The summed E-state index contributed by atoms with van der Waals surface area (Å²) < 4.78 is 0.948. The maximum absolute atomic E-state index is 12.0. The van der Waals surface area contributed by atoms with E-state index in [0.717, 1.165) is 10.0 Å². The Labute approximate surface area is 115 Å². The van der Waals surface area contributed by atoms with Gasteiger partial charge in [0.15, 0.2) is 0 Å². The number of hydrogen-bond donors (Lipinski definition) is 1. The van der Waals surface area contributed by atoms with Gasteiger partial charge >= 0.3 is 5.97 Å². The molecule has 0 aliphatic heterocycles. The summed E-state index contributed by atoms with van der Waals surface area (Å²) in [5.74, 6) is -1.16. The smallest absolute Gasteiger partial charge is 0.326 e. The Kier molecular flexibility index (Phi) is 5.34. The number of hydrogen-bond acceptors (Lipinski definition) is 2. The number of aliphatic carboxylic acids is 1. The Morgan fingerprint density at radius 3 is 2.33 bits per heavy atom. The van der Waals surface area contributed by atoms with Crippen LogP contribution in [0.3, 0.4) is 0 Å². The van der Waals surface area contributed by atoms with Gasteiger partial charge in [0.2, 0.25) is 5.91 Å². The first-order valence-corrected chi connectivity index (χ1v) is 6.48. The van der Waals surface area contributed by atoms with Crippen LogP contribution in [0.1, 0.15) is 18.9 Å². The largest absolute Gasteiger partial charge is 0.480 e. The van der Waals surface area contributed by atoms with Crippen molar-refractivity contribution in [2.24, 2.45) is 0 Å². The molecule has 1 atom stereocenters. The van der Waals surface area contributed by atoms with E-state index in [4.69, 9.17) is 5.11 Å². The highest BCUT2D eigenvalue weighted by molar-refractivity contribution is 9.10. The predicted octanol–water partition coefficient (Wildman–Crippen LogP) is 2.31. The SMILES string of the molecule is CCC(C(=O)O)N(C)C(=O)Cc1ccc(Br)cc1. The Bertz CT molecular complexity index is 430. The first kappa shape index (κ1) is 14.7. The summed E-state index contributed by atoms with van der Waals surface area (Å²) in [6, 6.07) is 6.65. The van der Waals surface area contributed by atoms with Crippen LogP contribution in [0.25, 0.3) is 0 Å². The molecule has 0 fully saturated rings. The van der Waals surface area contributed by atoms with Gasteiger partial charge in [-0.1, -0.05) is 35.0 Å². The van der Waals surface area contributed by atoms with Gasteiger partial charge < -0.3 is 10.0 Å². The van der Waals surface area contributed by atoms with Gasteiger partial charge in [-0.25, -0.2) is 4.79 Å². The van der Waals surface area contributed by atoms with E-state index < -0.39 is 12.0 Å². The van der Waals surface area contributed by atoms with Crippen molar-refractivity contribution in [2.45, 2.75) is 25.8 Å². The lowest BCUT2D eigenvalue weighted by molar-refractivity contribution is -0.148. The van der Waals surface area contributed by atoms with E-state index in [9.17, 15) is 9.59 Å². The summed E-state index contributed by atoms with van der Waals surface area (Å²) in [5.41, 5.74) is 0.871. The van der Waals surface area contributed by atoms with Gasteiger partial charge in [-0.3, -0.25) is 4.79 Å². The molecule has 0 spiro atoms. The molecule has 1 aromatic carbocycles. The molecule has 0 aromatic heterocycles. The van der Waals surface area contributed by atoms with Crippen molar-refractivity contribution in [1.82, 2.24) is 4.90 Å². The summed E-state index contributed by atoms with van der Waals surface area (Å²) in [7, 11) is 1.53. The van der Waals surface area contributed by atoms with Crippen molar-refractivity contribution < 1.29 is 14.7 Å². The summed E-state index contributed by atoms with van der Waals surface area (Å²) >= 11 is 3.32. The van der Waals surface area contributed by atoms with Crippen LogP contribution in [0.5, 0.6) is 0 Å². The molecule has 0 aliphatic carbocycles. The molecule has 0 saturated heterocycles. The lowest BCUT2D eigenvalue weighted by atomic mass is 10.1. The average Bonchev–Trinajstić information content (AvgIpc) is 2.32. The zero-order valence-corrected chi connectivity index (χ0v) is 12.0. The van der Waals surface area contributed by atoms with Gasteiger partial charge in [0, 0.05) is 11.5 Å². The third-order valence-electron chi connectivity index (χ3n) is 2.80. The fraction of sp³-hybridized carbons (Fsp3) is 0.385. The molecular formula is C13H16BrNO3. The second kappa shape index (κ2) is 6.54. The van der Waals surface area contributed by atoms with Crippen molar-refractivity contribution in [1.29, 1.82) is 0 Å². The summed E-state index contributed by atoms with van der Waals surface area (Å²) in [6.45, 7) is 1.75. The number of halogens is 1. The van der Waals surface area contributed by atoms with Crippen LogP contribution in [0.15, 0.2) is 28.7 Å². The molecular weight excluding hydrogens is 298 g/mol. The van der Waals surface area contributed by atoms with Crippen LogP contribution in [0, 0.1) is 0 Å². The molecule has 98 valence electrons. The Morgan fingerprint density at radius 2 is 1.89 bits per heavy atom. The van der Waals surface area contributed by atoms with E-state index in [2.05, 4.69) is 15.9 Å². The molecule has 4 nitrogen and oxygen atoms in total. The normalized spacial score (nSPS) is 11.9. The Balaban J connectivity index is 2.70. The highest BCUT2D eigenvalue weighted by Gasteiger charge is 2.24. The monoisotopic (exact) mass is 313 g/mol. The van der Waals surface area contributed by atoms with Crippen LogP contribution in [-0.2, 0) is 16.0 Å². The zero-order valence-electron chi connectivity index (χ0n) is 10.4. The molecule has 0 saturated carbocycles. The summed E-state index contributed by atoms with van der Waals surface area (Å²) in [6.07, 6.45) is 0.617. The van der Waals surface area contributed by atoms with E-state index in [1.165, 1.54) is 11.9 Å². The first-order valence-electron chi connectivity index (χ1n) is 5.68. The molecule has 18 heavy (non-hydrogen) atoms. The van der Waals surface area contributed by atoms with Crippen LogP contribution in [-0.4, -0.2) is 35.0 Å². The van der Waals surface area contributed by atoms with E-state index in [1.54, 1.807) is 6.92 Å². The minimum absolute atomic E-state index is 0.188. The molecule has 1 rings (SSSR count). The minimum Gasteiger partial charge on any atom is -0.480 e. The number of amides is 1. The van der Waals surface area contributed by atoms with Crippen LogP contribution in [0.2, 0.25) is 0 Å². The second-order valence-corrected chi connectivity index (χ2v) is 4.99. The standard InChI is InChI=1S/C13H16BrNO3/c1-3-11(13(17)18)15(2)12(16)8-9-4-6-10(14)7-5-9/h4-7,11H,3,8H2,1-2H3,(H,17,18). The van der Waals surface area contributed by atoms with Gasteiger partial charge in [0.25, 0.3) is 0 Å². The topological polar surface area (TPSA) is 57.6 Å². The van der Waals surface area contributed by atoms with Gasteiger partial charge in [0.05, 0.1) is 6.42 Å². The number of carboxylic acid groups (broad SMARTS) is 1. The average molecular weight is 314 g/mol. The van der Waals surface area contributed by atoms with E-state index in [1.807, 2.05) is 24.3 Å². The number of carbonyl (C=O) groups excluding carboxylic acids is 1. The van der Waals surface area contributed by atoms with Crippen LogP contribution < -0.4 is 0 Å². The molecule has 1 aromatic rings. The number of likely N-dealkylation sites (N-methyl/N-ethyl adjacent to an activating group) is 1. The number of carbonyl (C=O) groups is 2. The predicted molar refractivity (Wildman–Crippen MR) is 72.3 cm³/mol. The number of rotatable bonds is 5. The molecule has 1 unspecified atom stereocenters. The fourth-order valence-electron chi connectivity index (χ4n) is 1.69. The third kappa shape index (κ3) is 3.84. The summed E-state index contributed by atoms with van der Waals surface area (Å²) in [5, 5.41) is 8.99. The maximum atomic E-state index is 12.0. The number of nitrogens with zero attached hydrogens (tertiary/aromatic N) is 1. The van der Waals surface area contributed by atoms with Crippen molar-refractivity contribution in [3.63, 3.8) is 0 Å². The van der Waals surface area contributed by atoms with E-state index in [0.29, 0.717) is 6.42 Å². The minimum atomic E-state index is -0.968. The molecule has 5 heteroatoms. The first-order chi connectivity index (χ1) is 8.45. The highest BCUT2D eigenvalue weighted by atomic mass is 79.9. The molecule has 0 aliphatic rings. The highest BCUT2D eigenvalue weighted by Crippen LogP contribution is 2.12.